The number of carbonyl (C=O) groups excluding carboxylic acids is 2. The van der Waals surface area contributed by atoms with Crippen molar-refractivity contribution < 1.29 is 14.3 Å². The molecule has 1 saturated heterocycles. The Bertz CT molecular complexity index is 1420. The Labute approximate surface area is 209 Å². The van der Waals surface area contributed by atoms with Gasteiger partial charge < -0.3 is 15.0 Å². The highest BCUT2D eigenvalue weighted by Crippen LogP contribution is 2.33. The van der Waals surface area contributed by atoms with Crippen LogP contribution < -0.4 is 10.1 Å². The van der Waals surface area contributed by atoms with Gasteiger partial charge in [0.25, 0.3) is 5.91 Å². The number of hydrogen-bond donors (Lipinski definition) is 2. The molecular weight excluding hydrogens is 456 g/mol. The van der Waals surface area contributed by atoms with E-state index in [9.17, 15) is 9.59 Å². The van der Waals surface area contributed by atoms with Gasteiger partial charge in [0.1, 0.15) is 11.4 Å². The van der Waals surface area contributed by atoms with Crippen LogP contribution in [0.2, 0.25) is 0 Å². The number of benzene rings is 2. The van der Waals surface area contributed by atoms with Crippen LogP contribution in [0.3, 0.4) is 0 Å². The fraction of sp³-hybridized carbons (Fsp3) is 0.333. The summed E-state index contributed by atoms with van der Waals surface area (Å²) in [5.74, 6) is 0.339. The van der Waals surface area contributed by atoms with E-state index in [0.29, 0.717) is 11.3 Å². The summed E-state index contributed by atoms with van der Waals surface area (Å²) in [7, 11) is 1.55. The summed E-state index contributed by atoms with van der Waals surface area (Å²) < 4.78 is 7.51. The molecule has 0 saturated carbocycles. The molecule has 2 aromatic heterocycles. The number of methoxy groups -OCH3 is 1. The molecule has 186 valence electrons. The largest absolute Gasteiger partial charge is 0.496 e. The molecular formula is C27H30N6O3. The number of rotatable bonds is 5. The van der Waals surface area contributed by atoms with Gasteiger partial charge in [-0.25, -0.2) is 0 Å². The van der Waals surface area contributed by atoms with E-state index in [1.54, 1.807) is 26.3 Å². The second kappa shape index (κ2) is 9.49. The number of aromatic amines is 1. The topological polar surface area (TPSA) is 105 Å². The normalized spacial score (nSPS) is 14.3. The summed E-state index contributed by atoms with van der Waals surface area (Å²) in [6.07, 6.45) is 5.52. The van der Waals surface area contributed by atoms with Crippen molar-refractivity contribution in [1.82, 2.24) is 24.9 Å². The zero-order chi connectivity index (χ0) is 25.4. The minimum atomic E-state index is -0.244. The van der Waals surface area contributed by atoms with E-state index in [-0.39, 0.29) is 17.9 Å². The second-order valence-corrected chi connectivity index (χ2v) is 9.34. The van der Waals surface area contributed by atoms with E-state index in [4.69, 9.17) is 4.74 Å². The maximum Gasteiger partial charge on any atom is 0.259 e. The molecule has 0 atom stereocenters. The Morgan fingerprint density at radius 1 is 1.14 bits per heavy atom. The van der Waals surface area contributed by atoms with E-state index in [0.717, 1.165) is 64.9 Å². The lowest BCUT2D eigenvalue weighted by atomic mass is 10.0. The summed E-state index contributed by atoms with van der Waals surface area (Å²) >= 11 is 0. The molecule has 2 aromatic carbocycles. The van der Waals surface area contributed by atoms with Crippen LogP contribution in [0, 0.1) is 13.8 Å². The summed E-state index contributed by atoms with van der Waals surface area (Å²) in [5.41, 5.74) is 5.58. The van der Waals surface area contributed by atoms with Crippen molar-refractivity contribution >= 4 is 28.4 Å². The standard InChI is InChI=1S/C27H30N6O3/c1-16-6-5-7-17(2)25(16)29-27(35)22-12-21-23(13-24(22)36-4)30-31-26(21)19-14-28-33(15-19)20-8-10-32(11-9-20)18(3)34/h5-7,12-15,20H,8-11H2,1-4H3,(H,29,35)(H,30,31). The number of H-pyrrole nitrogens is 1. The second-order valence-electron chi connectivity index (χ2n) is 9.34. The van der Waals surface area contributed by atoms with Gasteiger partial charge in [-0.05, 0) is 43.9 Å². The number of aromatic nitrogens is 4. The predicted octanol–water partition coefficient (Wildman–Crippen LogP) is 4.49. The summed E-state index contributed by atoms with van der Waals surface area (Å²) in [6, 6.07) is 9.76. The molecule has 2 amide bonds. The molecule has 9 nitrogen and oxygen atoms in total. The van der Waals surface area contributed by atoms with Crippen LogP contribution in [0.15, 0.2) is 42.7 Å². The zero-order valence-corrected chi connectivity index (χ0v) is 21.0. The number of fused-ring (bicyclic) bond motifs is 1. The number of amides is 2. The van der Waals surface area contributed by atoms with Crippen LogP contribution in [0.4, 0.5) is 5.69 Å². The molecule has 4 aromatic rings. The van der Waals surface area contributed by atoms with Crippen LogP contribution in [0.5, 0.6) is 5.75 Å². The monoisotopic (exact) mass is 486 g/mol. The maximum absolute atomic E-state index is 13.3. The Kier molecular flexibility index (Phi) is 6.22. The number of para-hydroxylation sites is 1. The number of nitrogens with one attached hydrogen (secondary N) is 2. The molecule has 1 fully saturated rings. The van der Waals surface area contributed by atoms with Crippen molar-refractivity contribution in [3.63, 3.8) is 0 Å². The molecule has 2 N–H and O–H groups in total. The molecule has 36 heavy (non-hydrogen) atoms. The number of anilines is 1. The number of nitrogens with zero attached hydrogens (tertiary/aromatic N) is 4. The third-order valence-corrected chi connectivity index (χ3v) is 7.01. The average molecular weight is 487 g/mol. The number of carbonyl (C=O) groups is 2. The Balaban J connectivity index is 1.45. The van der Waals surface area contributed by atoms with E-state index in [1.807, 2.05) is 53.9 Å². The van der Waals surface area contributed by atoms with Crippen LogP contribution in [-0.2, 0) is 4.79 Å². The van der Waals surface area contributed by atoms with Gasteiger partial charge >= 0.3 is 0 Å². The third kappa shape index (κ3) is 4.32. The van der Waals surface area contributed by atoms with E-state index in [2.05, 4.69) is 20.6 Å². The van der Waals surface area contributed by atoms with Gasteiger partial charge in [-0.15, -0.1) is 0 Å². The van der Waals surface area contributed by atoms with Crippen molar-refractivity contribution in [3.8, 4) is 17.0 Å². The number of likely N-dealkylation sites (tertiary alicyclic amines) is 1. The Morgan fingerprint density at radius 3 is 2.53 bits per heavy atom. The number of ether oxygens (including phenoxy) is 1. The maximum atomic E-state index is 13.3. The summed E-state index contributed by atoms with van der Waals surface area (Å²) in [6.45, 7) is 7.02. The lowest BCUT2D eigenvalue weighted by Gasteiger charge is -2.31. The van der Waals surface area contributed by atoms with Crippen LogP contribution in [-0.4, -0.2) is 56.9 Å². The molecule has 0 bridgehead atoms. The lowest BCUT2D eigenvalue weighted by molar-refractivity contribution is -0.130. The Morgan fingerprint density at radius 2 is 1.86 bits per heavy atom. The SMILES string of the molecule is COc1cc2[nH]nc(-c3cnn(C4CCN(C(C)=O)CC4)c3)c2cc1C(=O)Nc1c(C)cccc1C. The van der Waals surface area contributed by atoms with Crippen molar-refractivity contribution in [2.75, 3.05) is 25.5 Å². The number of hydrogen-bond acceptors (Lipinski definition) is 5. The van der Waals surface area contributed by atoms with Crippen LogP contribution >= 0.6 is 0 Å². The fourth-order valence-electron chi connectivity index (χ4n) is 4.91. The highest BCUT2D eigenvalue weighted by atomic mass is 16.5. The Hall–Kier alpha value is -4.14. The quantitative estimate of drug-likeness (QED) is 0.433. The van der Waals surface area contributed by atoms with Crippen molar-refractivity contribution in [2.45, 2.75) is 39.7 Å². The fourth-order valence-corrected chi connectivity index (χ4v) is 4.91. The first-order valence-corrected chi connectivity index (χ1v) is 12.1. The minimum absolute atomic E-state index is 0.116. The van der Waals surface area contributed by atoms with Gasteiger partial charge in [0.05, 0.1) is 30.4 Å². The molecule has 1 aliphatic rings. The van der Waals surface area contributed by atoms with Crippen LogP contribution in [0.1, 0.15) is 47.3 Å². The number of piperidine rings is 1. The summed E-state index contributed by atoms with van der Waals surface area (Å²) in [5, 5.41) is 16.0. The third-order valence-electron chi connectivity index (χ3n) is 7.01. The molecule has 0 unspecified atom stereocenters. The van der Waals surface area contributed by atoms with Gasteiger partial charge in [0.15, 0.2) is 0 Å². The highest BCUT2D eigenvalue weighted by molar-refractivity contribution is 6.10. The molecule has 3 heterocycles. The lowest BCUT2D eigenvalue weighted by Crippen LogP contribution is -2.37. The van der Waals surface area contributed by atoms with E-state index in [1.165, 1.54) is 0 Å². The van der Waals surface area contributed by atoms with Gasteiger partial charge in [0, 0.05) is 48.9 Å². The average Bonchev–Trinajstić information content (AvgIpc) is 3.52. The van der Waals surface area contributed by atoms with Gasteiger partial charge in [-0.2, -0.15) is 10.2 Å². The highest BCUT2D eigenvalue weighted by Gasteiger charge is 2.24. The van der Waals surface area contributed by atoms with Crippen molar-refractivity contribution in [2.24, 2.45) is 0 Å². The smallest absolute Gasteiger partial charge is 0.259 e. The molecule has 0 radical (unpaired) electrons. The molecule has 5 rings (SSSR count). The molecule has 9 heteroatoms. The predicted molar refractivity (Wildman–Crippen MR) is 138 cm³/mol. The van der Waals surface area contributed by atoms with Crippen molar-refractivity contribution in [1.29, 1.82) is 0 Å². The molecule has 0 spiro atoms. The first kappa shape index (κ1) is 23.6. The van der Waals surface area contributed by atoms with Gasteiger partial charge in [-0.3, -0.25) is 19.4 Å². The van der Waals surface area contributed by atoms with E-state index < -0.39 is 0 Å². The van der Waals surface area contributed by atoms with Gasteiger partial charge in [0.2, 0.25) is 5.91 Å². The first-order valence-electron chi connectivity index (χ1n) is 12.1. The number of aryl methyl sites for hydroxylation is 2. The van der Waals surface area contributed by atoms with Gasteiger partial charge in [-0.1, -0.05) is 18.2 Å². The van der Waals surface area contributed by atoms with E-state index >= 15 is 0 Å². The van der Waals surface area contributed by atoms with Crippen molar-refractivity contribution in [3.05, 3.63) is 59.4 Å². The molecule has 0 aliphatic carbocycles. The minimum Gasteiger partial charge on any atom is -0.496 e. The first-order chi connectivity index (χ1) is 17.4. The zero-order valence-electron chi connectivity index (χ0n) is 21.0. The molecule has 1 aliphatic heterocycles. The van der Waals surface area contributed by atoms with Crippen LogP contribution in [0.25, 0.3) is 22.2 Å². The summed E-state index contributed by atoms with van der Waals surface area (Å²) in [4.78, 5) is 26.8.